The number of benzene rings is 2. The van der Waals surface area contributed by atoms with Crippen molar-refractivity contribution in [2.24, 2.45) is 0 Å². The molecule has 0 saturated carbocycles. The number of aromatic nitrogens is 2. The lowest BCUT2D eigenvalue weighted by molar-refractivity contribution is 0.0526. The highest BCUT2D eigenvalue weighted by Gasteiger charge is 2.11. The predicted octanol–water partition coefficient (Wildman–Crippen LogP) is 3.51. The minimum atomic E-state index is -0.347. The van der Waals surface area contributed by atoms with Crippen LogP contribution in [-0.4, -0.2) is 22.4 Å². The van der Waals surface area contributed by atoms with Crippen LogP contribution in [-0.2, 0) is 4.74 Å². The topological polar surface area (TPSA) is 44.1 Å². The molecule has 0 saturated heterocycles. The van der Waals surface area contributed by atoms with Gasteiger partial charge < -0.3 is 4.74 Å². The van der Waals surface area contributed by atoms with Crippen molar-refractivity contribution in [2.45, 2.75) is 13.8 Å². The fraction of sp³-hybridized carbons (Fsp3) is 0.176. The Kier molecular flexibility index (Phi) is 3.44. The molecule has 0 bridgehead atoms. The first-order valence-electron chi connectivity index (χ1n) is 6.91. The van der Waals surface area contributed by atoms with Crippen molar-refractivity contribution in [3.8, 4) is 5.69 Å². The van der Waals surface area contributed by atoms with Gasteiger partial charge in [0.05, 0.1) is 24.1 Å². The number of rotatable bonds is 3. The number of hydrogen-bond donors (Lipinski definition) is 0. The summed E-state index contributed by atoms with van der Waals surface area (Å²) in [6, 6.07) is 12.2. The predicted molar refractivity (Wildman–Crippen MR) is 81.8 cm³/mol. The molecule has 0 aliphatic rings. The molecule has 0 spiro atoms. The normalized spacial score (nSPS) is 10.8. The van der Waals surface area contributed by atoms with Crippen LogP contribution in [0.25, 0.3) is 16.5 Å². The second-order valence-corrected chi connectivity index (χ2v) is 4.84. The summed E-state index contributed by atoms with van der Waals surface area (Å²) in [5, 5.41) is 6.58. The molecular formula is C17H16N2O2. The van der Waals surface area contributed by atoms with Crippen LogP contribution in [0.5, 0.6) is 0 Å². The van der Waals surface area contributed by atoms with E-state index in [9.17, 15) is 4.79 Å². The minimum absolute atomic E-state index is 0.347. The van der Waals surface area contributed by atoms with E-state index in [-0.39, 0.29) is 5.97 Å². The molecule has 4 heteroatoms. The third-order valence-corrected chi connectivity index (χ3v) is 3.46. The molecule has 0 amide bonds. The molecule has 0 N–H and O–H groups in total. The van der Waals surface area contributed by atoms with Gasteiger partial charge in [0.15, 0.2) is 0 Å². The maximum Gasteiger partial charge on any atom is 0.341 e. The molecule has 0 atom stereocenters. The summed E-state index contributed by atoms with van der Waals surface area (Å²) in [5.41, 5.74) is 2.63. The van der Waals surface area contributed by atoms with Crippen LogP contribution in [0.2, 0.25) is 0 Å². The average molecular weight is 280 g/mol. The van der Waals surface area contributed by atoms with Gasteiger partial charge in [-0.1, -0.05) is 30.3 Å². The van der Waals surface area contributed by atoms with Crippen molar-refractivity contribution in [1.82, 2.24) is 9.78 Å². The Hall–Kier alpha value is -2.62. The Balaban J connectivity index is 2.09. The van der Waals surface area contributed by atoms with Gasteiger partial charge in [0.25, 0.3) is 0 Å². The first-order valence-corrected chi connectivity index (χ1v) is 6.91. The molecule has 4 nitrogen and oxygen atoms in total. The summed E-state index contributed by atoms with van der Waals surface area (Å²) in [4.78, 5) is 11.7. The molecule has 21 heavy (non-hydrogen) atoms. The fourth-order valence-corrected chi connectivity index (χ4v) is 2.42. The van der Waals surface area contributed by atoms with E-state index in [1.165, 1.54) is 17.1 Å². The minimum Gasteiger partial charge on any atom is -0.462 e. The fourth-order valence-electron chi connectivity index (χ4n) is 2.42. The second kappa shape index (κ2) is 5.40. The molecule has 1 aromatic heterocycles. The van der Waals surface area contributed by atoms with Gasteiger partial charge in [0.2, 0.25) is 0 Å². The van der Waals surface area contributed by atoms with E-state index in [1.54, 1.807) is 17.8 Å². The maximum atomic E-state index is 11.7. The molecule has 0 aliphatic heterocycles. The van der Waals surface area contributed by atoms with Crippen LogP contribution >= 0.6 is 0 Å². The molecule has 2 aromatic carbocycles. The summed E-state index contributed by atoms with van der Waals surface area (Å²) < 4.78 is 6.71. The molecule has 106 valence electrons. The van der Waals surface area contributed by atoms with Crippen LogP contribution in [0.4, 0.5) is 0 Å². The Morgan fingerprint density at radius 2 is 1.95 bits per heavy atom. The highest BCUT2D eigenvalue weighted by molar-refractivity contribution is 5.93. The second-order valence-electron chi connectivity index (χ2n) is 4.84. The zero-order valence-electron chi connectivity index (χ0n) is 12.0. The Bertz CT molecular complexity index is 805. The van der Waals surface area contributed by atoms with E-state index in [2.05, 4.69) is 30.2 Å². The van der Waals surface area contributed by atoms with E-state index >= 15 is 0 Å². The van der Waals surface area contributed by atoms with Crippen molar-refractivity contribution in [1.29, 1.82) is 0 Å². The van der Waals surface area contributed by atoms with Crippen molar-refractivity contribution in [3.63, 3.8) is 0 Å². The van der Waals surface area contributed by atoms with Crippen LogP contribution in [0, 0.1) is 6.92 Å². The summed E-state index contributed by atoms with van der Waals surface area (Å²) >= 11 is 0. The van der Waals surface area contributed by atoms with Crippen LogP contribution < -0.4 is 0 Å². The molecule has 0 radical (unpaired) electrons. The van der Waals surface area contributed by atoms with Gasteiger partial charge in [-0.15, -0.1) is 0 Å². The van der Waals surface area contributed by atoms with Gasteiger partial charge >= 0.3 is 5.97 Å². The number of carbonyl (C=O) groups excluding carboxylic acids is 1. The number of aryl methyl sites for hydroxylation is 1. The molecule has 3 aromatic rings. The van der Waals surface area contributed by atoms with Crippen LogP contribution in [0.1, 0.15) is 22.8 Å². The van der Waals surface area contributed by atoms with Crippen molar-refractivity contribution in [3.05, 3.63) is 59.9 Å². The molecular weight excluding hydrogens is 264 g/mol. The lowest BCUT2D eigenvalue weighted by atomic mass is 10.0. The number of fused-ring (bicyclic) bond motifs is 1. The number of hydrogen-bond acceptors (Lipinski definition) is 3. The number of ether oxygens (including phenoxy) is 1. The molecule has 3 rings (SSSR count). The Morgan fingerprint density at radius 3 is 2.76 bits per heavy atom. The smallest absolute Gasteiger partial charge is 0.341 e. The summed E-state index contributed by atoms with van der Waals surface area (Å²) in [6.45, 7) is 4.23. The quantitative estimate of drug-likeness (QED) is 0.690. The molecule has 0 aliphatic carbocycles. The van der Waals surface area contributed by atoms with Gasteiger partial charge in [0, 0.05) is 11.6 Å². The molecule has 0 fully saturated rings. The summed E-state index contributed by atoms with van der Waals surface area (Å²) in [5.74, 6) is -0.347. The van der Waals surface area contributed by atoms with Crippen molar-refractivity contribution < 1.29 is 9.53 Å². The van der Waals surface area contributed by atoms with Crippen LogP contribution in [0.15, 0.2) is 48.8 Å². The van der Waals surface area contributed by atoms with Gasteiger partial charge in [-0.2, -0.15) is 5.10 Å². The van der Waals surface area contributed by atoms with Gasteiger partial charge in [-0.3, -0.25) is 0 Å². The number of esters is 1. The van der Waals surface area contributed by atoms with E-state index < -0.39 is 0 Å². The largest absolute Gasteiger partial charge is 0.462 e. The number of nitrogens with zero attached hydrogens (tertiary/aromatic N) is 2. The SMILES string of the molecule is CCOC(=O)c1cnn(-c2cccc3c(C)cccc23)c1. The lowest BCUT2D eigenvalue weighted by Gasteiger charge is -2.08. The average Bonchev–Trinajstić information content (AvgIpc) is 2.97. The van der Waals surface area contributed by atoms with E-state index in [0.29, 0.717) is 12.2 Å². The third-order valence-electron chi connectivity index (χ3n) is 3.46. The highest BCUT2D eigenvalue weighted by atomic mass is 16.5. The van der Waals surface area contributed by atoms with E-state index in [0.717, 1.165) is 11.1 Å². The Labute approximate surface area is 123 Å². The monoisotopic (exact) mass is 280 g/mol. The summed E-state index contributed by atoms with van der Waals surface area (Å²) in [7, 11) is 0. The zero-order chi connectivity index (χ0) is 14.8. The van der Waals surface area contributed by atoms with Gasteiger partial charge in [-0.05, 0) is 30.9 Å². The zero-order valence-corrected chi connectivity index (χ0v) is 12.0. The van der Waals surface area contributed by atoms with Crippen molar-refractivity contribution in [2.75, 3.05) is 6.61 Å². The molecule has 1 heterocycles. The lowest BCUT2D eigenvalue weighted by Crippen LogP contribution is -2.03. The Morgan fingerprint density at radius 1 is 1.19 bits per heavy atom. The first kappa shape index (κ1) is 13.4. The van der Waals surface area contributed by atoms with Crippen molar-refractivity contribution >= 4 is 16.7 Å². The van der Waals surface area contributed by atoms with Crippen LogP contribution in [0.3, 0.4) is 0 Å². The molecule has 0 unspecified atom stereocenters. The standard InChI is InChI=1S/C17H16N2O2/c1-3-21-17(20)13-10-18-19(11-13)16-9-5-7-14-12(2)6-4-8-15(14)16/h4-11H,3H2,1-2H3. The van der Waals surface area contributed by atoms with E-state index in [1.807, 2.05) is 18.2 Å². The van der Waals surface area contributed by atoms with Gasteiger partial charge in [0.1, 0.15) is 0 Å². The number of carbonyl (C=O) groups is 1. The summed E-state index contributed by atoms with van der Waals surface area (Å²) in [6.07, 6.45) is 3.24. The maximum absolute atomic E-state index is 11.7. The van der Waals surface area contributed by atoms with Gasteiger partial charge in [-0.25, -0.2) is 9.48 Å². The highest BCUT2D eigenvalue weighted by Crippen LogP contribution is 2.24. The first-order chi connectivity index (χ1) is 10.2. The van der Waals surface area contributed by atoms with E-state index in [4.69, 9.17) is 4.74 Å². The third kappa shape index (κ3) is 2.40.